The first-order chi connectivity index (χ1) is 21.8. The fourth-order valence-corrected chi connectivity index (χ4v) is 6.61. The van der Waals surface area contributed by atoms with E-state index in [-0.39, 0.29) is 5.41 Å². The highest BCUT2D eigenvalue weighted by Gasteiger charge is 2.22. The van der Waals surface area contributed by atoms with Crippen molar-refractivity contribution in [1.29, 1.82) is 0 Å². The van der Waals surface area contributed by atoms with Crippen molar-refractivity contribution >= 4 is 43.4 Å². The van der Waals surface area contributed by atoms with Crippen LogP contribution in [0.3, 0.4) is 0 Å². The summed E-state index contributed by atoms with van der Waals surface area (Å²) >= 11 is 0. The number of benzene rings is 7. The average Bonchev–Trinajstić information content (AvgIpc) is 3.50. The molecule has 0 unspecified atom stereocenters. The summed E-state index contributed by atoms with van der Waals surface area (Å²) in [6, 6.07) is 38.6. The van der Waals surface area contributed by atoms with Gasteiger partial charge in [0.2, 0.25) is 5.89 Å². The molecule has 8 aromatic rings. The summed E-state index contributed by atoms with van der Waals surface area (Å²) in [6.45, 7) is 6.66. The van der Waals surface area contributed by atoms with Crippen LogP contribution in [0.25, 0.3) is 77.1 Å². The summed E-state index contributed by atoms with van der Waals surface area (Å²) in [4.78, 5) is 5.08. The second kappa shape index (κ2) is 10.1. The zero-order valence-electron chi connectivity index (χ0n) is 26.1. The molecule has 0 saturated carbocycles. The van der Waals surface area contributed by atoms with Crippen molar-refractivity contribution < 1.29 is 13.9 Å². The molecular formula is C41H33NO3. The summed E-state index contributed by atoms with van der Waals surface area (Å²) in [5, 5.41) is 7.17. The molecule has 0 fully saturated rings. The largest absolute Gasteiger partial charge is 0.497 e. The Morgan fingerprint density at radius 3 is 1.78 bits per heavy atom. The summed E-state index contributed by atoms with van der Waals surface area (Å²) in [6.07, 6.45) is 0. The van der Waals surface area contributed by atoms with Crippen molar-refractivity contribution in [1.82, 2.24) is 4.98 Å². The van der Waals surface area contributed by atoms with E-state index >= 15 is 0 Å². The Bertz CT molecular complexity index is 2360. The maximum Gasteiger partial charge on any atom is 0.227 e. The molecule has 7 aromatic carbocycles. The minimum atomic E-state index is 0.0173. The molecule has 0 spiro atoms. The molecule has 0 aliphatic heterocycles. The van der Waals surface area contributed by atoms with Gasteiger partial charge in [-0.2, -0.15) is 0 Å². The van der Waals surface area contributed by atoms with E-state index in [0.29, 0.717) is 5.89 Å². The van der Waals surface area contributed by atoms with Gasteiger partial charge >= 0.3 is 0 Å². The molecule has 1 aromatic heterocycles. The van der Waals surface area contributed by atoms with E-state index in [9.17, 15) is 0 Å². The second-order valence-electron chi connectivity index (χ2n) is 12.7. The lowest BCUT2D eigenvalue weighted by Crippen LogP contribution is -2.10. The maximum atomic E-state index is 6.51. The van der Waals surface area contributed by atoms with E-state index in [1.807, 2.05) is 30.3 Å². The van der Waals surface area contributed by atoms with Gasteiger partial charge in [-0.05, 0) is 108 Å². The number of oxazole rings is 1. The highest BCUT2D eigenvalue weighted by atomic mass is 16.5. The zero-order valence-corrected chi connectivity index (χ0v) is 26.1. The quantitative estimate of drug-likeness (QED) is 0.188. The van der Waals surface area contributed by atoms with Crippen LogP contribution in [0.5, 0.6) is 11.5 Å². The number of hydrogen-bond donors (Lipinski definition) is 0. The first kappa shape index (κ1) is 27.2. The van der Waals surface area contributed by atoms with Crippen LogP contribution >= 0.6 is 0 Å². The summed E-state index contributed by atoms with van der Waals surface area (Å²) in [7, 11) is 3.39. The summed E-state index contributed by atoms with van der Waals surface area (Å²) < 4.78 is 17.4. The third-order valence-corrected chi connectivity index (χ3v) is 9.07. The minimum absolute atomic E-state index is 0.0173. The Morgan fingerprint density at radius 2 is 1.13 bits per heavy atom. The predicted octanol–water partition coefficient (Wildman–Crippen LogP) is 11.0. The van der Waals surface area contributed by atoms with Crippen LogP contribution in [-0.4, -0.2) is 19.2 Å². The van der Waals surface area contributed by atoms with Gasteiger partial charge in [0.15, 0.2) is 5.58 Å². The topological polar surface area (TPSA) is 44.5 Å². The number of aromatic nitrogens is 1. The lowest BCUT2D eigenvalue weighted by molar-refractivity contribution is 0.415. The molecule has 8 rings (SSSR count). The van der Waals surface area contributed by atoms with Crippen molar-refractivity contribution in [2.24, 2.45) is 0 Å². The van der Waals surface area contributed by atoms with E-state index in [1.54, 1.807) is 14.2 Å². The fourth-order valence-electron chi connectivity index (χ4n) is 6.61. The molecule has 0 N–H and O–H groups in total. The molecule has 0 saturated heterocycles. The second-order valence-corrected chi connectivity index (χ2v) is 12.7. The van der Waals surface area contributed by atoms with Gasteiger partial charge in [0.1, 0.15) is 17.0 Å². The van der Waals surface area contributed by atoms with Gasteiger partial charge < -0.3 is 13.9 Å². The molecule has 1 heterocycles. The standard InChI is InChI=1S/C41H33NO3/c1-41(2,3)27-12-21-37-36(22-27)42-40(45-37)35-23-34(25-8-15-29(44-5)16-9-25)32-18-11-26-10-17-30(24-6-13-28(43-4)14-7-24)31-19-20-33(35)39(32)38(26)31/h6-23H,1-5H3. The molecule has 0 atom stereocenters. The molecule has 0 bridgehead atoms. The van der Waals surface area contributed by atoms with Crippen LogP contribution in [0.2, 0.25) is 0 Å². The van der Waals surface area contributed by atoms with Crippen molar-refractivity contribution in [3.05, 3.63) is 115 Å². The molecule has 220 valence electrons. The van der Waals surface area contributed by atoms with E-state index in [2.05, 4.69) is 99.6 Å². The maximum absolute atomic E-state index is 6.51. The minimum Gasteiger partial charge on any atom is -0.497 e. The van der Waals surface area contributed by atoms with E-state index < -0.39 is 0 Å². The van der Waals surface area contributed by atoms with Gasteiger partial charge in [0.25, 0.3) is 0 Å². The van der Waals surface area contributed by atoms with Crippen molar-refractivity contribution in [2.45, 2.75) is 26.2 Å². The van der Waals surface area contributed by atoms with Gasteiger partial charge in [0.05, 0.1) is 14.2 Å². The van der Waals surface area contributed by atoms with Crippen LogP contribution in [-0.2, 0) is 5.41 Å². The van der Waals surface area contributed by atoms with Crippen LogP contribution in [0.15, 0.2) is 114 Å². The molecular weight excluding hydrogens is 554 g/mol. The van der Waals surface area contributed by atoms with Gasteiger partial charge in [-0.3, -0.25) is 0 Å². The third kappa shape index (κ3) is 4.40. The zero-order chi connectivity index (χ0) is 30.9. The number of ether oxygens (including phenoxy) is 2. The Hall–Kier alpha value is -5.35. The number of rotatable bonds is 5. The summed E-state index contributed by atoms with van der Waals surface area (Å²) in [5.41, 5.74) is 8.46. The molecule has 4 heteroatoms. The molecule has 0 radical (unpaired) electrons. The average molecular weight is 588 g/mol. The molecule has 0 amide bonds. The fraction of sp³-hybridized carbons (Fsp3) is 0.146. The van der Waals surface area contributed by atoms with Crippen molar-refractivity contribution in [3.63, 3.8) is 0 Å². The predicted molar refractivity (Wildman–Crippen MR) is 186 cm³/mol. The highest BCUT2D eigenvalue weighted by Crippen LogP contribution is 2.46. The van der Waals surface area contributed by atoms with E-state index in [1.165, 1.54) is 38.1 Å². The number of hydrogen-bond acceptors (Lipinski definition) is 4. The number of methoxy groups -OCH3 is 2. The van der Waals surface area contributed by atoms with E-state index in [4.69, 9.17) is 18.9 Å². The van der Waals surface area contributed by atoms with Crippen LogP contribution in [0.4, 0.5) is 0 Å². The molecule has 4 nitrogen and oxygen atoms in total. The Morgan fingerprint density at radius 1 is 0.556 bits per heavy atom. The van der Waals surface area contributed by atoms with Crippen LogP contribution in [0, 0.1) is 0 Å². The Balaban J connectivity index is 1.44. The van der Waals surface area contributed by atoms with Gasteiger partial charge in [-0.1, -0.05) is 87.5 Å². The third-order valence-electron chi connectivity index (χ3n) is 9.07. The van der Waals surface area contributed by atoms with E-state index in [0.717, 1.165) is 50.2 Å². The molecule has 0 aliphatic carbocycles. The van der Waals surface area contributed by atoms with Gasteiger partial charge in [-0.25, -0.2) is 4.98 Å². The van der Waals surface area contributed by atoms with Gasteiger partial charge in [0, 0.05) is 5.56 Å². The van der Waals surface area contributed by atoms with Crippen LogP contribution in [0.1, 0.15) is 26.3 Å². The smallest absolute Gasteiger partial charge is 0.227 e. The lowest BCUT2D eigenvalue weighted by Gasteiger charge is -2.18. The monoisotopic (exact) mass is 587 g/mol. The van der Waals surface area contributed by atoms with Crippen LogP contribution < -0.4 is 9.47 Å². The summed E-state index contributed by atoms with van der Waals surface area (Å²) in [5.74, 6) is 2.30. The van der Waals surface area contributed by atoms with Gasteiger partial charge in [-0.15, -0.1) is 0 Å². The SMILES string of the molecule is COc1ccc(-c2ccc3ccc4c(-c5ccc(OC)cc5)cc(-c5nc6cc(C(C)(C)C)ccc6o5)c5ccc2c3c45)cc1. The van der Waals surface area contributed by atoms with Crippen molar-refractivity contribution in [2.75, 3.05) is 14.2 Å². The first-order valence-corrected chi connectivity index (χ1v) is 15.3. The number of fused-ring (bicyclic) bond motifs is 1. The highest BCUT2D eigenvalue weighted by molar-refractivity contribution is 6.29. The molecule has 45 heavy (non-hydrogen) atoms. The first-order valence-electron chi connectivity index (χ1n) is 15.3. The molecule has 0 aliphatic rings. The Labute approximate surface area is 262 Å². The van der Waals surface area contributed by atoms with Crippen molar-refractivity contribution in [3.8, 4) is 45.2 Å². The number of nitrogens with zero attached hydrogens (tertiary/aromatic N) is 1. The lowest BCUT2D eigenvalue weighted by atomic mass is 9.85. The normalized spacial score (nSPS) is 12.1. The Kier molecular flexibility index (Phi) is 6.11.